The molecule has 2 aromatic rings. The molecule has 1 aromatic heterocycles. The molecule has 4 rings (SSSR count). The maximum Gasteiger partial charge on any atom is 0.410 e. The number of tetrazole rings is 1. The Morgan fingerprint density at radius 1 is 1.24 bits per heavy atom. The first-order valence-corrected chi connectivity index (χ1v) is 11.5. The largest absolute Gasteiger partial charge is 0.464 e. The third-order valence-electron chi connectivity index (χ3n) is 6.78. The number of nitrogens with zero attached hydrogens (tertiary/aromatic N) is 4. The van der Waals surface area contributed by atoms with E-state index in [0.29, 0.717) is 50.9 Å². The molecule has 1 aliphatic heterocycles. The van der Waals surface area contributed by atoms with Crippen LogP contribution in [-0.4, -0.2) is 62.4 Å². The van der Waals surface area contributed by atoms with Crippen molar-refractivity contribution in [3.63, 3.8) is 0 Å². The quantitative estimate of drug-likeness (QED) is 0.633. The Labute approximate surface area is 192 Å². The molecule has 1 saturated heterocycles. The molecular weight excluding hydrogens is 429 g/mol. The molecule has 178 valence electrons. The number of rotatable bonds is 7. The fourth-order valence-corrected chi connectivity index (χ4v) is 5.05. The first kappa shape index (κ1) is 23.1. The van der Waals surface area contributed by atoms with E-state index >= 15 is 4.39 Å². The van der Waals surface area contributed by atoms with Crippen molar-refractivity contribution in [1.82, 2.24) is 25.5 Å². The number of alkyl halides is 1. The number of amides is 1. The van der Waals surface area contributed by atoms with Crippen LogP contribution >= 0.6 is 0 Å². The molecular formula is C23H30FN5O4. The van der Waals surface area contributed by atoms with Crippen molar-refractivity contribution in [2.75, 3.05) is 13.2 Å². The number of halogens is 1. The van der Waals surface area contributed by atoms with Crippen molar-refractivity contribution in [2.45, 2.75) is 63.8 Å². The fraction of sp³-hybridized carbons (Fsp3) is 0.609. The van der Waals surface area contributed by atoms with E-state index in [1.54, 1.807) is 6.92 Å². The number of benzene rings is 1. The summed E-state index contributed by atoms with van der Waals surface area (Å²) in [4.78, 5) is 27.1. The van der Waals surface area contributed by atoms with Gasteiger partial charge >= 0.3 is 12.1 Å². The number of hydrogen-bond acceptors (Lipinski definition) is 7. The number of H-pyrrole nitrogens is 1. The molecule has 1 N–H and O–H groups in total. The van der Waals surface area contributed by atoms with E-state index in [0.717, 1.165) is 5.56 Å². The number of carbonyl (C=O) groups is 2. The number of hydrogen-bond donors (Lipinski definition) is 1. The lowest BCUT2D eigenvalue weighted by Gasteiger charge is -2.47. The number of aromatic nitrogens is 4. The minimum atomic E-state index is -1.35. The second-order valence-corrected chi connectivity index (χ2v) is 8.94. The number of esters is 1. The molecule has 1 aliphatic carbocycles. The monoisotopic (exact) mass is 459 g/mol. The molecule has 1 aromatic carbocycles. The normalized spacial score (nSPS) is 27.0. The standard InChI is InChI=1S/C23H30FN5O4/c1-2-32-21(30)19-12-18-13-23(24,11-9-20-25-27-28-26-20)10-8-17(18)14-29(19)22(31)33-15-16-6-4-3-5-7-16/h3-7,17-19H,2,8-15H2,1H3,(H,25,26,27,28)/t17-,18-,19-,23?/m0/s1. The minimum Gasteiger partial charge on any atom is -0.464 e. The van der Waals surface area contributed by atoms with Crippen molar-refractivity contribution in [3.05, 3.63) is 41.7 Å². The van der Waals surface area contributed by atoms with Crippen LogP contribution in [0.5, 0.6) is 0 Å². The van der Waals surface area contributed by atoms with Crippen LogP contribution in [0, 0.1) is 11.8 Å². The summed E-state index contributed by atoms with van der Waals surface area (Å²) in [6, 6.07) is 8.62. The van der Waals surface area contributed by atoms with Crippen LogP contribution in [0.15, 0.2) is 30.3 Å². The second kappa shape index (κ2) is 10.3. The summed E-state index contributed by atoms with van der Waals surface area (Å²) in [5, 5.41) is 13.7. The van der Waals surface area contributed by atoms with Gasteiger partial charge in [0.05, 0.1) is 6.61 Å². The molecule has 2 fully saturated rings. The molecule has 9 nitrogen and oxygen atoms in total. The van der Waals surface area contributed by atoms with E-state index in [-0.39, 0.29) is 25.0 Å². The number of carbonyl (C=O) groups excluding carboxylic acids is 2. The highest BCUT2D eigenvalue weighted by Crippen LogP contribution is 2.46. The lowest BCUT2D eigenvalue weighted by Crippen LogP contribution is -2.56. The Kier molecular flexibility index (Phi) is 7.20. The van der Waals surface area contributed by atoms with Crippen LogP contribution in [0.3, 0.4) is 0 Å². The SMILES string of the molecule is CCOC(=O)[C@@H]1C[C@H]2CC(F)(CCc3nn[nH]n3)CC[C@H]2CN1C(=O)OCc1ccccc1. The van der Waals surface area contributed by atoms with Gasteiger partial charge in [0.2, 0.25) is 0 Å². The van der Waals surface area contributed by atoms with Gasteiger partial charge in [-0.25, -0.2) is 14.0 Å². The van der Waals surface area contributed by atoms with Crippen LogP contribution < -0.4 is 0 Å². The number of aryl methyl sites for hydroxylation is 1. The van der Waals surface area contributed by atoms with Gasteiger partial charge in [0.25, 0.3) is 0 Å². The van der Waals surface area contributed by atoms with Gasteiger partial charge in [-0.15, -0.1) is 10.2 Å². The summed E-state index contributed by atoms with van der Waals surface area (Å²) in [5.74, 6) is 0.138. The molecule has 2 heterocycles. The minimum absolute atomic E-state index is 0.0124. The summed E-state index contributed by atoms with van der Waals surface area (Å²) >= 11 is 0. The lowest BCUT2D eigenvalue weighted by molar-refractivity contribution is -0.153. The number of piperidine rings is 1. The summed E-state index contributed by atoms with van der Waals surface area (Å²) < 4.78 is 26.4. The van der Waals surface area contributed by atoms with E-state index < -0.39 is 23.8 Å². The van der Waals surface area contributed by atoms with Gasteiger partial charge in [-0.1, -0.05) is 35.5 Å². The van der Waals surface area contributed by atoms with Gasteiger partial charge in [0.1, 0.15) is 18.3 Å². The average molecular weight is 460 g/mol. The molecule has 1 saturated carbocycles. The molecule has 0 spiro atoms. The fourth-order valence-electron chi connectivity index (χ4n) is 5.05. The Balaban J connectivity index is 1.41. The topological polar surface area (TPSA) is 110 Å². The van der Waals surface area contributed by atoms with Crippen molar-refractivity contribution < 1.29 is 23.5 Å². The van der Waals surface area contributed by atoms with E-state index in [9.17, 15) is 9.59 Å². The Hall–Kier alpha value is -3.04. The molecule has 0 radical (unpaired) electrons. The van der Waals surface area contributed by atoms with Gasteiger partial charge in [0, 0.05) is 13.0 Å². The van der Waals surface area contributed by atoms with Gasteiger partial charge in [-0.2, -0.15) is 5.21 Å². The smallest absolute Gasteiger partial charge is 0.410 e. The van der Waals surface area contributed by atoms with Crippen LogP contribution in [-0.2, 0) is 27.3 Å². The average Bonchev–Trinajstić information content (AvgIpc) is 3.35. The molecule has 4 atom stereocenters. The highest BCUT2D eigenvalue weighted by molar-refractivity contribution is 5.81. The zero-order valence-corrected chi connectivity index (χ0v) is 18.8. The Morgan fingerprint density at radius 2 is 2.06 bits per heavy atom. The molecule has 10 heteroatoms. The summed E-state index contributed by atoms with van der Waals surface area (Å²) in [5.41, 5.74) is -0.480. The van der Waals surface area contributed by atoms with E-state index in [1.807, 2.05) is 30.3 Å². The van der Waals surface area contributed by atoms with Gasteiger partial charge in [0.15, 0.2) is 5.82 Å². The molecule has 0 bridgehead atoms. The lowest BCUT2D eigenvalue weighted by atomic mass is 9.67. The molecule has 1 amide bonds. The maximum absolute atomic E-state index is 15.7. The van der Waals surface area contributed by atoms with E-state index in [2.05, 4.69) is 20.6 Å². The third kappa shape index (κ3) is 5.66. The highest BCUT2D eigenvalue weighted by atomic mass is 19.1. The van der Waals surface area contributed by atoms with Crippen molar-refractivity contribution in [2.24, 2.45) is 11.8 Å². The first-order valence-electron chi connectivity index (χ1n) is 11.5. The van der Waals surface area contributed by atoms with Gasteiger partial charge < -0.3 is 9.47 Å². The number of nitrogens with one attached hydrogen (secondary N) is 1. The number of ether oxygens (including phenoxy) is 2. The van der Waals surface area contributed by atoms with Crippen LogP contribution in [0.25, 0.3) is 0 Å². The number of fused-ring (bicyclic) bond motifs is 1. The van der Waals surface area contributed by atoms with Crippen molar-refractivity contribution in [1.29, 1.82) is 0 Å². The molecule has 2 aliphatic rings. The Bertz CT molecular complexity index is 928. The van der Waals surface area contributed by atoms with Crippen LogP contribution in [0.4, 0.5) is 9.18 Å². The van der Waals surface area contributed by atoms with Crippen LogP contribution in [0.2, 0.25) is 0 Å². The summed E-state index contributed by atoms with van der Waals surface area (Å²) in [7, 11) is 0. The maximum atomic E-state index is 15.7. The number of aromatic amines is 1. The molecule has 33 heavy (non-hydrogen) atoms. The number of likely N-dealkylation sites (tertiary alicyclic amines) is 1. The summed E-state index contributed by atoms with van der Waals surface area (Å²) in [6.07, 6.45) is 1.95. The first-order chi connectivity index (χ1) is 16.0. The molecule has 1 unspecified atom stereocenters. The van der Waals surface area contributed by atoms with Gasteiger partial charge in [-0.05, 0) is 56.4 Å². The van der Waals surface area contributed by atoms with Gasteiger partial charge in [-0.3, -0.25) is 4.90 Å². The second-order valence-electron chi connectivity index (χ2n) is 8.94. The predicted molar refractivity (Wildman–Crippen MR) is 116 cm³/mol. The predicted octanol–water partition coefficient (Wildman–Crippen LogP) is 3.23. The Morgan fingerprint density at radius 3 is 2.79 bits per heavy atom. The van der Waals surface area contributed by atoms with E-state index in [4.69, 9.17) is 9.47 Å². The van der Waals surface area contributed by atoms with Crippen molar-refractivity contribution >= 4 is 12.1 Å². The van der Waals surface area contributed by atoms with E-state index in [1.165, 1.54) is 4.90 Å². The third-order valence-corrected chi connectivity index (χ3v) is 6.78. The summed E-state index contributed by atoms with van der Waals surface area (Å²) in [6.45, 7) is 2.44. The van der Waals surface area contributed by atoms with Crippen LogP contribution in [0.1, 0.15) is 50.4 Å². The van der Waals surface area contributed by atoms with Crippen molar-refractivity contribution in [3.8, 4) is 0 Å². The highest BCUT2D eigenvalue weighted by Gasteiger charge is 2.48. The zero-order valence-electron chi connectivity index (χ0n) is 18.8. The zero-order chi connectivity index (χ0) is 23.3.